The van der Waals surface area contributed by atoms with Crippen molar-refractivity contribution in [3.63, 3.8) is 0 Å². The van der Waals surface area contributed by atoms with Crippen LogP contribution in [0.4, 0.5) is 0 Å². The van der Waals surface area contributed by atoms with Gasteiger partial charge in [0.15, 0.2) is 0 Å². The number of rotatable bonds is 6. The van der Waals surface area contributed by atoms with Crippen LogP contribution < -0.4 is 0 Å². The van der Waals surface area contributed by atoms with Gasteiger partial charge in [-0.3, -0.25) is 0 Å². The molecule has 2 heteroatoms. The minimum absolute atomic E-state index is 0.0727. The van der Waals surface area contributed by atoms with Crippen LogP contribution >= 0.6 is 0 Å². The molecule has 1 nitrogen and oxygen atoms in total. The summed E-state index contributed by atoms with van der Waals surface area (Å²) >= 11 is 0.0727. The van der Waals surface area contributed by atoms with Crippen molar-refractivity contribution in [1.82, 2.24) is 4.57 Å². The molecular formula is C70H43NSe. The van der Waals surface area contributed by atoms with Gasteiger partial charge in [-0.2, -0.15) is 0 Å². The second kappa shape index (κ2) is 16.4. The van der Waals surface area contributed by atoms with E-state index in [2.05, 4.69) is 265 Å². The Morgan fingerprint density at radius 1 is 0.250 bits per heavy atom. The van der Waals surface area contributed by atoms with E-state index in [9.17, 15) is 0 Å². The second-order valence-corrected chi connectivity index (χ2v) is 21.2. The van der Waals surface area contributed by atoms with Gasteiger partial charge in [-0.1, -0.05) is 60.7 Å². The molecular weight excluding hydrogens is 934 g/mol. The molecule has 0 unspecified atom stereocenters. The van der Waals surface area contributed by atoms with Crippen molar-refractivity contribution in [2.75, 3.05) is 0 Å². The Labute approximate surface area is 422 Å². The summed E-state index contributed by atoms with van der Waals surface area (Å²) in [4.78, 5) is 0. The number of aromatic nitrogens is 1. The van der Waals surface area contributed by atoms with Gasteiger partial charge in [-0.25, -0.2) is 0 Å². The third-order valence-corrected chi connectivity index (χ3v) is 17.7. The zero-order valence-corrected chi connectivity index (χ0v) is 40.9. The smallest absolute Gasteiger partial charge is 0.0544 e. The van der Waals surface area contributed by atoms with E-state index in [1.165, 1.54) is 146 Å². The number of hydrogen-bond donors (Lipinski definition) is 0. The molecule has 0 bridgehead atoms. The average molecular weight is 977 g/mol. The van der Waals surface area contributed by atoms with Crippen molar-refractivity contribution in [2.45, 2.75) is 0 Å². The van der Waals surface area contributed by atoms with Crippen molar-refractivity contribution < 1.29 is 0 Å². The molecule has 0 spiro atoms. The van der Waals surface area contributed by atoms with Gasteiger partial charge in [0.25, 0.3) is 0 Å². The summed E-state index contributed by atoms with van der Waals surface area (Å²) in [7, 11) is 0. The van der Waals surface area contributed by atoms with Gasteiger partial charge in [-0.05, 0) is 11.1 Å². The normalized spacial score (nSPS) is 11.9. The molecule has 0 aliphatic rings. The van der Waals surface area contributed by atoms with Crippen LogP contribution in [0.15, 0.2) is 261 Å². The average Bonchev–Trinajstić information content (AvgIpc) is 4.00. The SMILES string of the molecule is c1ccc(-c2ccc3c(c2)c2cc(-c4ccccc4)ccc2n3-c2c3ccccc3c(-c3cccc4[se]c5c(-c6c7ccccc7c(-c7ccccc7)c7ccccc67)cccc5c34)c3ccccc23)cc1. The summed E-state index contributed by atoms with van der Waals surface area (Å²) in [5, 5.41) is 15.3. The Hall–Kier alpha value is -8.78. The zero-order valence-electron chi connectivity index (χ0n) is 39.2. The molecule has 0 aliphatic heterocycles. The first-order chi connectivity index (χ1) is 35.8. The molecule has 334 valence electrons. The van der Waals surface area contributed by atoms with E-state index in [-0.39, 0.29) is 14.5 Å². The Kier molecular flexibility index (Phi) is 9.35. The van der Waals surface area contributed by atoms with Crippen molar-refractivity contribution in [2.24, 2.45) is 0 Å². The van der Waals surface area contributed by atoms with E-state index >= 15 is 0 Å². The Balaban J connectivity index is 0.999. The zero-order chi connectivity index (χ0) is 47.3. The van der Waals surface area contributed by atoms with Gasteiger partial charge in [0, 0.05) is 0 Å². The van der Waals surface area contributed by atoms with Gasteiger partial charge in [0.2, 0.25) is 0 Å². The molecule has 0 fully saturated rings. The first-order valence-corrected chi connectivity index (χ1v) is 26.5. The summed E-state index contributed by atoms with van der Waals surface area (Å²) in [5.74, 6) is 0. The molecule has 0 amide bonds. The number of benzene rings is 13. The van der Waals surface area contributed by atoms with Gasteiger partial charge in [0.05, 0.1) is 0 Å². The van der Waals surface area contributed by atoms with Crippen LogP contribution in [0.2, 0.25) is 0 Å². The number of hydrogen-bond acceptors (Lipinski definition) is 0. The molecule has 72 heavy (non-hydrogen) atoms. The fourth-order valence-electron chi connectivity index (χ4n) is 12.1. The van der Waals surface area contributed by atoms with Crippen LogP contribution in [-0.4, -0.2) is 19.1 Å². The maximum atomic E-state index is 2.56. The van der Waals surface area contributed by atoms with E-state index in [0.29, 0.717) is 0 Å². The van der Waals surface area contributed by atoms with Gasteiger partial charge in [0.1, 0.15) is 0 Å². The van der Waals surface area contributed by atoms with Crippen molar-refractivity contribution in [1.29, 1.82) is 0 Å². The fourth-order valence-corrected chi connectivity index (χ4v) is 14.7. The molecule has 2 aromatic heterocycles. The van der Waals surface area contributed by atoms with Crippen molar-refractivity contribution >= 4 is 98.7 Å². The van der Waals surface area contributed by atoms with Crippen LogP contribution in [-0.2, 0) is 0 Å². The summed E-state index contributed by atoms with van der Waals surface area (Å²) in [6.07, 6.45) is 0. The monoisotopic (exact) mass is 977 g/mol. The molecule has 0 N–H and O–H groups in total. The standard InChI is InChI=1S/C70H43NSe/c1-4-20-44(21-5-1)47-38-40-62-60(42-47)61-43-48(45-22-6-2-7-23-45)39-41-63(61)71(62)69-55-32-16-14-30-53(55)66(54-31-15-17-33-56(54)69)57-34-19-37-64-68(57)59-36-18-35-58(70(59)72-64)67-51-28-12-10-26-49(51)65(46-24-8-3-9-25-46)50-27-11-13-29-52(50)67/h1-43H. The van der Waals surface area contributed by atoms with Gasteiger partial charge in [-0.15, -0.1) is 0 Å². The number of fused-ring (bicyclic) bond motifs is 10. The summed E-state index contributed by atoms with van der Waals surface area (Å²) in [6.45, 7) is 0. The van der Waals surface area contributed by atoms with Gasteiger partial charge >= 0.3 is 354 Å². The maximum Gasteiger partial charge on any atom is -0.0544 e. The minimum atomic E-state index is 0.0727. The third kappa shape index (κ3) is 6.20. The summed E-state index contributed by atoms with van der Waals surface area (Å²) in [5.41, 5.74) is 16.2. The molecule has 0 aliphatic carbocycles. The van der Waals surface area contributed by atoms with E-state index in [1.54, 1.807) is 0 Å². The molecule has 0 saturated heterocycles. The molecule has 0 atom stereocenters. The van der Waals surface area contributed by atoms with E-state index in [0.717, 1.165) is 0 Å². The second-order valence-electron chi connectivity index (χ2n) is 19.0. The molecule has 15 aromatic rings. The van der Waals surface area contributed by atoms with Crippen LogP contribution in [0.3, 0.4) is 0 Å². The summed E-state index contributed by atoms with van der Waals surface area (Å²) in [6, 6.07) is 97.2. The summed E-state index contributed by atoms with van der Waals surface area (Å²) < 4.78 is 5.44. The third-order valence-electron chi connectivity index (χ3n) is 15.2. The fraction of sp³-hybridized carbons (Fsp3) is 0. The Morgan fingerprint density at radius 2 is 0.639 bits per heavy atom. The van der Waals surface area contributed by atoms with Gasteiger partial charge < -0.3 is 0 Å². The first-order valence-electron chi connectivity index (χ1n) is 24.8. The quantitative estimate of drug-likeness (QED) is 0.116. The van der Waals surface area contributed by atoms with Crippen LogP contribution in [0.25, 0.3) is 146 Å². The molecule has 2 heterocycles. The van der Waals surface area contributed by atoms with Crippen LogP contribution in [0, 0.1) is 0 Å². The van der Waals surface area contributed by atoms with E-state index in [4.69, 9.17) is 0 Å². The van der Waals surface area contributed by atoms with Crippen molar-refractivity contribution in [3.8, 4) is 61.3 Å². The van der Waals surface area contributed by atoms with Crippen LogP contribution in [0.5, 0.6) is 0 Å². The van der Waals surface area contributed by atoms with E-state index in [1.807, 2.05) is 0 Å². The Morgan fingerprint density at radius 3 is 1.15 bits per heavy atom. The topological polar surface area (TPSA) is 4.93 Å². The van der Waals surface area contributed by atoms with E-state index < -0.39 is 0 Å². The molecule has 15 rings (SSSR count). The first kappa shape index (κ1) is 41.0. The Bertz CT molecular complexity index is 4450. The minimum Gasteiger partial charge on any atom is -0.0617 e. The predicted octanol–water partition coefficient (Wildman–Crippen LogP) is 19.1. The molecule has 0 radical (unpaired) electrons. The molecule has 0 saturated carbocycles. The van der Waals surface area contributed by atoms with Crippen molar-refractivity contribution in [3.05, 3.63) is 261 Å². The largest absolute Gasteiger partial charge is 0.0617 e. The maximum absolute atomic E-state index is 2.56. The number of nitrogens with zero attached hydrogens (tertiary/aromatic N) is 1. The predicted molar refractivity (Wildman–Crippen MR) is 310 cm³/mol. The van der Waals surface area contributed by atoms with Crippen LogP contribution in [0.1, 0.15) is 0 Å². The molecule has 13 aromatic carbocycles.